The summed E-state index contributed by atoms with van der Waals surface area (Å²) >= 11 is 0. The number of carbonyl (C=O) groups is 1. The standard InChI is InChI=1S/C26H26N4O5/c1-3-4-14-30-24(31)22(17-27)18(2)23(25(30)32)29-28-20-12-10-19(11-13-20)26(33)35-16-15-34-21-8-6-5-7-9-21/h5-13,31H,3-4,14-16H2,1-2H3. The smallest absolute Gasteiger partial charge is 0.338 e. The van der Waals surface area contributed by atoms with Gasteiger partial charge in [0.15, 0.2) is 5.69 Å². The Balaban J connectivity index is 1.67. The molecular weight excluding hydrogens is 448 g/mol. The summed E-state index contributed by atoms with van der Waals surface area (Å²) in [5, 5.41) is 27.9. The van der Waals surface area contributed by atoms with Gasteiger partial charge in [0, 0.05) is 12.1 Å². The number of ether oxygens (including phenoxy) is 2. The fourth-order valence-electron chi connectivity index (χ4n) is 3.25. The molecule has 0 atom stereocenters. The number of hydrogen-bond acceptors (Lipinski definition) is 8. The van der Waals surface area contributed by atoms with Crippen LogP contribution < -0.4 is 10.3 Å². The first-order valence-corrected chi connectivity index (χ1v) is 11.2. The van der Waals surface area contributed by atoms with E-state index in [4.69, 9.17) is 9.47 Å². The van der Waals surface area contributed by atoms with E-state index in [1.54, 1.807) is 31.2 Å². The van der Waals surface area contributed by atoms with E-state index in [0.717, 1.165) is 11.0 Å². The lowest BCUT2D eigenvalue weighted by molar-refractivity contribution is 0.0450. The molecule has 9 nitrogen and oxygen atoms in total. The van der Waals surface area contributed by atoms with E-state index in [-0.39, 0.29) is 42.5 Å². The summed E-state index contributed by atoms with van der Waals surface area (Å²) in [5.74, 6) is -0.169. The molecule has 1 aromatic heterocycles. The molecule has 180 valence electrons. The second kappa shape index (κ2) is 12.1. The Morgan fingerprint density at radius 2 is 1.80 bits per heavy atom. The molecule has 2 aromatic carbocycles. The van der Waals surface area contributed by atoms with Crippen LogP contribution in [0, 0.1) is 18.3 Å². The fourth-order valence-corrected chi connectivity index (χ4v) is 3.25. The number of para-hydroxylation sites is 1. The molecule has 0 radical (unpaired) electrons. The monoisotopic (exact) mass is 474 g/mol. The molecule has 0 saturated carbocycles. The molecule has 1 N–H and O–H groups in total. The Kier molecular flexibility index (Phi) is 8.73. The Bertz CT molecular complexity index is 1290. The van der Waals surface area contributed by atoms with Crippen molar-refractivity contribution in [2.75, 3.05) is 13.2 Å². The Morgan fingerprint density at radius 1 is 1.09 bits per heavy atom. The molecule has 1 heterocycles. The minimum atomic E-state index is -0.519. The zero-order chi connectivity index (χ0) is 25.2. The number of hydrogen-bond donors (Lipinski definition) is 1. The average Bonchev–Trinajstić information content (AvgIpc) is 2.87. The highest BCUT2D eigenvalue weighted by Crippen LogP contribution is 2.27. The summed E-state index contributed by atoms with van der Waals surface area (Å²) in [7, 11) is 0. The molecule has 3 rings (SSSR count). The molecule has 0 saturated heterocycles. The van der Waals surface area contributed by atoms with Crippen LogP contribution in [0.5, 0.6) is 11.6 Å². The lowest BCUT2D eigenvalue weighted by Crippen LogP contribution is -2.22. The fraction of sp³-hybridized carbons (Fsp3) is 0.269. The number of aromatic nitrogens is 1. The third-order valence-electron chi connectivity index (χ3n) is 5.20. The lowest BCUT2D eigenvalue weighted by Gasteiger charge is -2.12. The van der Waals surface area contributed by atoms with E-state index in [9.17, 15) is 20.0 Å². The van der Waals surface area contributed by atoms with Gasteiger partial charge in [-0.2, -0.15) is 10.4 Å². The molecule has 0 aliphatic carbocycles. The highest BCUT2D eigenvalue weighted by molar-refractivity contribution is 5.89. The second-order valence-electron chi connectivity index (χ2n) is 7.64. The number of benzene rings is 2. The number of nitrogens with zero attached hydrogens (tertiary/aromatic N) is 4. The summed E-state index contributed by atoms with van der Waals surface area (Å²) in [6.45, 7) is 4.10. The minimum Gasteiger partial charge on any atom is -0.493 e. The molecule has 0 unspecified atom stereocenters. The molecule has 35 heavy (non-hydrogen) atoms. The van der Waals surface area contributed by atoms with Gasteiger partial charge in [-0.15, -0.1) is 5.11 Å². The molecule has 0 amide bonds. The predicted molar refractivity (Wildman–Crippen MR) is 130 cm³/mol. The number of esters is 1. The SMILES string of the molecule is CCCCn1c(O)c(C#N)c(C)c(N=Nc2ccc(C(=O)OCCOc3ccccc3)cc2)c1=O. The van der Waals surface area contributed by atoms with Gasteiger partial charge in [0.1, 0.15) is 30.6 Å². The van der Waals surface area contributed by atoms with Crippen LogP contribution in [0.2, 0.25) is 0 Å². The lowest BCUT2D eigenvalue weighted by atomic mass is 10.1. The molecule has 0 fully saturated rings. The zero-order valence-electron chi connectivity index (χ0n) is 19.6. The van der Waals surface area contributed by atoms with Gasteiger partial charge in [-0.3, -0.25) is 9.36 Å². The Morgan fingerprint density at radius 3 is 2.46 bits per heavy atom. The van der Waals surface area contributed by atoms with Crippen LogP contribution in [0.4, 0.5) is 11.4 Å². The van der Waals surface area contributed by atoms with Gasteiger partial charge < -0.3 is 14.6 Å². The van der Waals surface area contributed by atoms with Crippen molar-refractivity contribution >= 4 is 17.3 Å². The molecular formula is C26H26N4O5. The van der Waals surface area contributed by atoms with E-state index in [1.807, 2.05) is 43.3 Å². The van der Waals surface area contributed by atoms with Crippen LogP contribution in [0.1, 0.15) is 41.3 Å². The van der Waals surface area contributed by atoms with Gasteiger partial charge in [0.2, 0.25) is 5.88 Å². The summed E-state index contributed by atoms with van der Waals surface area (Å²) in [6.07, 6.45) is 1.47. The molecule has 0 aliphatic rings. The van der Waals surface area contributed by atoms with Crippen molar-refractivity contribution in [3.05, 3.63) is 81.6 Å². The van der Waals surface area contributed by atoms with Gasteiger partial charge in [-0.1, -0.05) is 31.5 Å². The van der Waals surface area contributed by atoms with Crippen molar-refractivity contribution in [1.82, 2.24) is 4.57 Å². The highest BCUT2D eigenvalue weighted by Gasteiger charge is 2.19. The number of azo groups is 1. The average molecular weight is 475 g/mol. The van der Waals surface area contributed by atoms with Crippen molar-refractivity contribution in [1.29, 1.82) is 5.26 Å². The topological polar surface area (TPSA) is 126 Å². The summed E-state index contributed by atoms with van der Waals surface area (Å²) in [5.41, 5.74) is 0.442. The molecule has 9 heteroatoms. The molecule has 0 spiro atoms. The quantitative estimate of drug-likeness (QED) is 0.245. The maximum Gasteiger partial charge on any atom is 0.338 e. The number of carbonyl (C=O) groups excluding carboxylic acids is 1. The van der Waals surface area contributed by atoms with E-state index in [2.05, 4.69) is 10.2 Å². The van der Waals surface area contributed by atoms with E-state index in [1.165, 1.54) is 0 Å². The van der Waals surface area contributed by atoms with E-state index >= 15 is 0 Å². The van der Waals surface area contributed by atoms with E-state index < -0.39 is 11.5 Å². The first-order valence-electron chi connectivity index (χ1n) is 11.2. The summed E-state index contributed by atoms with van der Waals surface area (Å²) in [6, 6.07) is 17.4. The molecule has 0 aliphatic heterocycles. The first kappa shape index (κ1) is 25.2. The van der Waals surface area contributed by atoms with Crippen LogP contribution in [-0.4, -0.2) is 28.9 Å². The van der Waals surface area contributed by atoms with Crippen LogP contribution in [-0.2, 0) is 11.3 Å². The number of aromatic hydroxyl groups is 1. The number of unbranched alkanes of at least 4 members (excludes halogenated alkanes) is 1. The van der Waals surface area contributed by atoms with Crippen LogP contribution in [0.15, 0.2) is 69.6 Å². The highest BCUT2D eigenvalue weighted by atomic mass is 16.6. The van der Waals surface area contributed by atoms with Crippen LogP contribution >= 0.6 is 0 Å². The molecule has 0 bridgehead atoms. The zero-order valence-corrected chi connectivity index (χ0v) is 19.6. The first-order chi connectivity index (χ1) is 17.0. The van der Waals surface area contributed by atoms with Gasteiger partial charge in [-0.25, -0.2) is 4.79 Å². The van der Waals surface area contributed by atoms with Crippen molar-refractivity contribution in [3.8, 4) is 17.7 Å². The number of nitriles is 1. The normalized spacial score (nSPS) is 10.8. The largest absolute Gasteiger partial charge is 0.493 e. The third-order valence-corrected chi connectivity index (χ3v) is 5.20. The van der Waals surface area contributed by atoms with Crippen molar-refractivity contribution < 1.29 is 19.4 Å². The summed E-state index contributed by atoms with van der Waals surface area (Å²) < 4.78 is 11.8. The van der Waals surface area contributed by atoms with Gasteiger partial charge in [0.25, 0.3) is 5.56 Å². The number of pyridine rings is 1. The number of rotatable bonds is 10. The Labute approximate surface area is 202 Å². The van der Waals surface area contributed by atoms with E-state index in [0.29, 0.717) is 23.4 Å². The second-order valence-corrected chi connectivity index (χ2v) is 7.64. The third kappa shape index (κ3) is 6.32. The van der Waals surface area contributed by atoms with Crippen molar-refractivity contribution in [2.45, 2.75) is 33.2 Å². The van der Waals surface area contributed by atoms with Gasteiger partial charge in [-0.05, 0) is 49.7 Å². The van der Waals surface area contributed by atoms with Crippen molar-refractivity contribution in [2.24, 2.45) is 10.2 Å². The maximum atomic E-state index is 12.8. The van der Waals surface area contributed by atoms with Crippen LogP contribution in [0.3, 0.4) is 0 Å². The van der Waals surface area contributed by atoms with Crippen molar-refractivity contribution in [3.63, 3.8) is 0 Å². The predicted octanol–water partition coefficient (Wildman–Crippen LogP) is 5.19. The molecule has 3 aromatic rings. The summed E-state index contributed by atoms with van der Waals surface area (Å²) in [4.78, 5) is 25.1. The van der Waals surface area contributed by atoms with Gasteiger partial charge >= 0.3 is 5.97 Å². The Hall–Kier alpha value is -4.45. The maximum absolute atomic E-state index is 12.8. The minimum absolute atomic E-state index is 0.0102. The van der Waals surface area contributed by atoms with Crippen LogP contribution in [0.25, 0.3) is 0 Å². The van der Waals surface area contributed by atoms with Gasteiger partial charge in [0.05, 0.1) is 11.3 Å².